The van der Waals surface area contributed by atoms with E-state index in [1.165, 1.54) is 6.07 Å². The topological polar surface area (TPSA) is 47.6 Å². The highest BCUT2D eigenvalue weighted by Crippen LogP contribution is 2.37. The van der Waals surface area contributed by atoms with Gasteiger partial charge in [-0.25, -0.2) is 4.39 Å². The molecule has 0 aromatic heterocycles. The Bertz CT molecular complexity index is 764. The molecule has 0 aliphatic carbocycles. The summed E-state index contributed by atoms with van der Waals surface area (Å²) in [6, 6.07) is 7.53. The maximum Gasteiger partial charge on any atom is 0.255 e. The maximum atomic E-state index is 13.6. The minimum Gasteiger partial charge on any atom is -0.490 e. The van der Waals surface area contributed by atoms with Crippen molar-refractivity contribution in [2.45, 2.75) is 13.3 Å². The first-order valence-electron chi connectivity index (χ1n) is 7.21. The van der Waals surface area contributed by atoms with Crippen molar-refractivity contribution in [3.8, 4) is 11.5 Å². The van der Waals surface area contributed by atoms with E-state index in [0.29, 0.717) is 41.0 Å². The lowest BCUT2D eigenvalue weighted by Crippen LogP contribution is -2.13. The normalized spacial score (nSPS) is 13.3. The molecule has 0 bridgehead atoms. The van der Waals surface area contributed by atoms with Gasteiger partial charge in [-0.1, -0.05) is 17.7 Å². The smallest absolute Gasteiger partial charge is 0.255 e. The molecule has 2 aromatic rings. The van der Waals surface area contributed by atoms with Gasteiger partial charge in [0.15, 0.2) is 11.5 Å². The average Bonchev–Trinajstić information content (AvgIpc) is 2.75. The van der Waals surface area contributed by atoms with Gasteiger partial charge in [0.05, 0.1) is 23.9 Å². The van der Waals surface area contributed by atoms with Crippen LogP contribution in [0.2, 0.25) is 5.02 Å². The fraction of sp³-hybridized carbons (Fsp3) is 0.235. The van der Waals surface area contributed by atoms with Gasteiger partial charge in [0.25, 0.3) is 5.91 Å². The zero-order valence-electron chi connectivity index (χ0n) is 12.5. The highest BCUT2D eigenvalue weighted by atomic mass is 35.5. The fourth-order valence-corrected chi connectivity index (χ4v) is 2.41. The lowest BCUT2D eigenvalue weighted by Gasteiger charge is -2.12. The van der Waals surface area contributed by atoms with Crippen LogP contribution in [0.3, 0.4) is 0 Å². The molecule has 0 atom stereocenters. The van der Waals surface area contributed by atoms with Gasteiger partial charge in [0.2, 0.25) is 0 Å². The molecular weight excluding hydrogens is 321 g/mol. The van der Waals surface area contributed by atoms with E-state index >= 15 is 0 Å². The number of nitrogens with one attached hydrogen (secondary N) is 1. The van der Waals surface area contributed by atoms with Crippen LogP contribution in [0.25, 0.3) is 0 Å². The summed E-state index contributed by atoms with van der Waals surface area (Å²) >= 11 is 6.18. The number of anilines is 1. The van der Waals surface area contributed by atoms with Crippen molar-refractivity contribution in [3.05, 3.63) is 52.3 Å². The zero-order valence-corrected chi connectivity index (χ0v) is 13.2. The first kappa shape index (κ1) is 15.6. The van der Waals surface area contributed by atoms with Crippen LogP contribution < -0.4 is 14.8 Å². The third-order valence-corrected chi connectivity index (χ3v) is 3.83. The number of hydrogen-bond donors (Lipinski definition) is 1. The molecule has 1 aliphatic heterocycles. The molecular formula is C17H15ClFNO3. The molecule has 23 heavy (non-hydrogen) atoms. The Morgan fingerprint density at radius 3 is 2.57 bits per heavy atom. The summed E-state index contributed by atoms with van der Waals surface area (Å²) < 4.78 is 24.7. The first-order valence-corrected chi connectivity index (χ1v) is 7.59. The Kier molecular flexibility index (Phi) is 4.39. The van der Waals surface area contributed by atoms with Crippen molar-refractivity contribution in [1.29, 1.82) is 0 Å². The Balaban J connectivity index is 1.85. The van der Waals surface area contributed by atoms with Gasteiger partial charge < -0.3 is 14.8 Å². The zero-order chi connectivity index (χ0) is 16.4. The maximum absolute atomic E-state index is 13.6. The molecule has 0 radical (unpaired) electrons. The van der Waals surface area contributed by atoms with Crippen LogP contribution in [0.15, 0.2) is 30.3 Å². The summed E-state index contributed by atoms with van der Waals surface area (Å²) in [5.41, 5.74) is 1.09. The number of rotatable bonds is 2. The predicted octanol–water partition coefficient (Wildman–Crippen LogP) is 4.20. The molecule has 0 unspecified atom stereocenters. The first-order chi connectivity index (χ1) is 11.0. The van der Waals surface area contributed by atoms with Gasteiger partial charge in [-0.05, 0) is 24.6 Å². The second kappa shape index (κ2) is 6.46. The lowest BCUT2D eigenvalue weighted by molar-refractivity contribution is 0.102. The van der Waals surface area contributed by atoms with E-state index in [2.05, 4.69) is 5.32 Å². The third-order valence-electron chi connectivity index (χ3n) is 3.52. The highest BCUT2D eigenvalue weighted by molar-refractivity contribution is 6.34. The summed E-state index contributed by atoms with van der Waals surface area (Å²) in [5, 5.41) is 3.00. The largest absolute Gasteiger partial charge is 0.490 e. The summed E-state index contributed by atoms with van der Waals surface area (Å²) in [6.45, 7) is 2.72. The number of hydrogen-bond acceptors (Lipinski definition) is 3. The Labute approximate surface area is 138 Å². The summed E-state index contributed by atoms with van der Waals surface area (Å²) in [4.78, 5) is 12.3. The number of halogens is 2. The molecule has 120 valence electrons. The van der Waals surface area contributed by atoms with E-state index in [1.807, 2.05) is 0 Å². The quantitative estimate of drug-likeness (QED) is 0.894. The minimum absolute atomic E-state index is 0.219. The molecule has 2 aromatic carbocycles. The number of ether oxygens (including phenoxy) is 2. The van der Waals surface area contributed by atoms with Gasteiger partial charge in [0, 0.05) is 24.1 Å². The third kappa shape index (κ3) is 3.40. The van der Waals surface area contributed by atoms with Crippen LogP contribution in [-0.2, 0) is 0 Å². The van der Waals surface area contributed by atoms with Crippen molar-refractivity contribution >= 4 is 23.2 Å². The van der Waals surface area contributed by atoms with Gasteiger partial charge in [-0.3, -0.25) is 4.79 Å². The highest BCUT2D eigenvalue weighted by Gasteiger charge is 2.16. The summed E-state index contributed by atoms with van der Waals surface area (Å²) in [7, 11) is 0. The number of fused-ring (bicyclic) bond motifs is 1. The average molecular weight is 336 g/mol. The summed E-state index contributed by atoms with van der Waals surface area (Å²) in [6.07, 6.45) is 0.774. The van der Waals surface area contributed by atoms with Crippen LogP contribution in [0.4, 0.5) is 10.1 Å². The number of amides is 1. The predicted molar refractivity (Wildman–Crippen MR) is 86.1 cm³/mol. The fourth-order valence-electron chi connectivity index (χ4n) is 2.21. The van der Waals surface area contributed by atoms with E-state index < -0.39 is 11.7 Å². The van der Waals surface area contributed by atoms with E-state index in [1.54, 1.807) is 31.2 Å². The van der Waals surface area contributed by atoms with Crippen LogP contribution in [0.1, 0.15) is 22.3 Å². The number of carbonyl (C=O) groups excluding carboxylic acids is 1. The molecule has 1 amide bonds. The van der Waals surface area contributed by atoms with Crippen LogP contribution >= 0.6 is 11.6 Å². The van der Waals surface area contributed by atoms with E-state index in [0.717, 1.165) is 6.42 Å². The lowest BCUT2D eigenvalue weighted by atomic mass is 10.1. The van der Waals surface area contributed by atoms with E-state index in [9.17, 15) is 9.18 Å². The Hall–Kier alpha value is -2.27. The molecule has 0 spiro atoms. The van der Waals surface area contributed by atoms with Crippen molar-refractivity contribution in [2.75, 3.05) is 18.5 Å². The molecule has 0 saturated carbocycles. The van der Waals surface area contributed by atoms with Crippen molar-refractivity contribution < 1.29 is 18.7 Å². The monoisotopic (exact) mass is 335 g/mol. The number of aryl methyl sites for hydroxylation is 1. The van der Waals surface area contributed by atoms with Crippen LogP contribution in [0, 0.1) is 12.7 Å². The minimum atomic E-state index is -0.444. The van der Waals surface area contributed by atoms with Gasteiger partial charge >= 0.3 is 0 Å². The SMILES string of the molecule is Cc1ccc(C(=O)Nc2cc3c(cc2Cl)OCCCO3)cc1F. The van der Waals surface area contributed by atoms with E-state index in [-0.39, 0.29) is 5.56 Å². The molecule has 0 saturated heterocycles. The standard InChI is InChI=1S/C17H15ClFNO3/c1-10-3-4-11(7-13(10)19)17(21)20-14-9-16-15(8-12(14)18)22-5-2-6-23-16/h3-4,7-9H,2,5-6H2,1H3,(H,20,21). The number of benzene rings is 2. The molecule has 6 heteroatoms. The molecule has 4 nitrogen and oxygen atoms in total. The molecule has 3 rings (SSSR count). The molecule has 0 fully saturated rings. The summed E-state index contributed by atoms with van der Waals surface area (Å²) in [5.74, 6) is 0.201. The molecule has 1 aliphatic rings. The van der Waals surface area contributed by atoms with Crippen molar-refractivity contribution in [3.63, 3.8) is 0 Å². The van der Waals surface area contributed by atoms with Crippen LogP contribution in [0.5, 0.6) is 11.5 Å². The Morgan fingerprint density at radius 1 is 1.17 bits per heavy atom. The Morgan fingerprint density at radius 2 is 1.87 bits per heavy atom. The van der Waals surface area contributed by atoms with Gasteiger partial charge in [-0.15, -0.1) is 0 Å². The second-order valence-corrected chi connectivity index (χ2v) is 5.65. The molecule has 1 heterocycles. The number of carbonyl (C=O) groups is 1. The second-order valence-electron chi connectivity index (χ2n) is 5.25. The van der Waals surface area contributed by atoms with Crippen molar-refractivity contribution in [1.82, 2.24) is 0 Å². The van der Waals surface area contributed by atoms with E-state index in [4.69, 9.17) is 21.1 Å². The van der Waals surface area contributed by atoms with Gasteiger partial charge in [-0.2, -0.15) is 0 Å². The van der Waals surface area contributed by atoms with Crippen molar-refractivity contribution in [2.24, 2.45) is 0 Å². The van der Waals surface area contributed by atoms with Crippen LogP contribution in [-0.4, -0.2) is 19.1 Å². The molecule has 1 N–H and O–H groups in total. The van der Waals surface area contributed by atoms with Gasteiger partial charge in [0.1, 0.15) is 5.82 Å².